The standard InChI is InChI=1S/C20H31NO5/c1-23-16-10-15(11-17(24-2)19(16)26-4)13-21-14-20(12-18(22)25-3)8-6-5-7-9-20/h10-11,21H,5-9,12-14H2,1-4H3. The third kappa shape index (κ3) is 5.04. The van der Waals surface area contributed by atoms with E-state index in [2.05, 4.69) is 5.32 Å². The molecule has 1 aromatic carbocycles. The van der Waals surface area contributed by atoms with Crippen LogP contribution in [0, 0.1) is 5.41 Å². The number of hydrogen-bond donors (Lipinski definition) is 1. The molecule has 0 aromatic heterocycles. The molecule has 1 aliphatic carbocycles. The molecule has 6 nitrogen and oxygen atoms in total. The SMILES string of the molecule is COC(=O)CC1(CNCc2cc(OC)c(OC)c(OC)c2)CCCCC1. The van der Waals surface area contributed by atoms with Crippen LogP contribution >= 0.6 is 0 Å². The maximum absolute atomic E-state index is 11.9. The molecule has 6 heteroatoms. The molecule has 1 aliphatic rings. The van der Waals surface area contributed by atoms with Crippen LogP contribution in [0.1, 0.15) is 44.1 Å². The van der Waals surface area contributed by atoms with Gasteiger partial charge < -0.3 is 24.3 Å². The highest BCUT2D eigenvalue weighted by atomic mass is 16.5. The quantitative estimate of drug-likeness (QED) is 0.677. The molecule has 1 N–H and O–H groups in total. The van der Waals surface area contributed by atoms with Crippen LogP contribution < -0.4 is 19.5 Å². The van der Waals surface area contributed by atoms with Crippen molar-refractivity contribution in [2.45, 2.75) is 45.1 Å². The number of ether oxygens (including phenoxy) is 4. The van der Waals surface area contributed by atoms with Crippen molar-refractivity contribution in [3.8, 4) is 17.2 Å². The van der Waals surface area contributed by atoms with E-state index in [1.165, 1.54) is 26.4 Å². The van der Waals surface area contributed by atoms with Gasteiger partial charge in [-0.3, -0.25) is 4.79 Å². The first kappa shape index (κ1) is 20.4. The first-order valence-corrected chi connectivity index (χ1v) is 9.14. The van der Waals surface area contributed by atoms with E-state index in [0.717, 1.165) is 24.9 Å². The number of rotatable bonds is 9. The van der Waals surface area contributed by atoms with Gasteiger partial charge in [-0.2, -0.15) is 0 Å². The number of esters is 1. The Balaban J connectivity index is 2.05. The van der Waals surface area contributed by atoms with E-state index >= 15 is 0 Å². The Labute approximate surface area is 156 Å². The smallest absolute Gasteiger partial charge is 0.306 e. The third-order valence-electron chi connectivity index (χ3n) is 5.21. The predicted octanol–water partition coefficient (Wildman–Crippen LogP) is 3.32. The Morgan fingerprint density at radius 2 is 1.62 bits per heavy atom. The molecule has 0 unspecified atom stereocenters. The van der Waals surface area contributed by atoms with Gasteiger partial charge in [0, 0.05) is 13.1 Å². The highest BCUT2D eigenvalue weighted by Crippen LogP contribution is 2.40. The van der Waals surface area contributed by atoms with E-state index in [1.54, 1.807) is 21.3 Å². The molecule has 0 amide bonds. The molecule has 1 saturated carbocycles. The van der Waals surface area contributed by atoms with Crippen LogP contribution in [0.2, 0.25) is 0 Å². The highest BCUT2D eigenvalue weighted by Gasteiger charge is 2.34. The van der Waals surface area contributed by atoms with E-state index in [-0.39, 0.29) is 11.4 Å². The molecule has 0 spiro atoms. The van der Waals surface area contributed by atoms with Gasteiger partial charge in [0.1, 0.15) is 0 Å². The van der Waals surface area contributed by atoms with Crippen molar-refractivity contribution in [3.63, 3.8) is 0 Å². The second-order valence-electron chi connectivity index (χ2n) is 6.95. The lowest BCUT2D eigenvalue weighted by molar-refractivity contribution is -0.144. The van der Waals surface area contributed by atoms with Crippen LogP contribution in [-0.4, -0.2) is 41.0 Å². The van der Waals surface area contributed by atoms with Crippen molar-refractivity contribution in [1.29, 1.82) is 0 Å². The summed E-state index contributed by atoms with van der Waals surface area (Å²) in [4.78, 5) is 11.9. The number of methoxy groups -OCH3 is 4. The molecular formula is C20H31NO5. The summed E-state index contributed by atoms with van der Waals surface area (Å²) < 4.78 is 21.1. The minimum atomic E-state index is -0.124. The normalized spacial score (nSPS) is 16.0. The Morgan fingerprint density at radius 3 is 2.12 bits per heavy atom. The van der Waals surface area contributed by atoms with Gasteiger partial charge in [0.15, 0.2) is 11.5 Å². The summed E-state index contributed by atoms with van der Waals surface area (Å²) >= 11 is 0. The average molecular weight is 365 g/mol. The summed E-state index contributed by atoms with van der Waals surface area (Å²) in [6.45, 7) is 1.46. The minimum absolute atomic E-state index is 0.00795. The van der Waals surface area contributed by atoms with E-state index in [9.17, 15) is 4.79 Å². The molecule has 1 aromatic rings. The monoisotopic (exact) mass is 365 g/mol. The van der Waals surface area contributed by atoms with Gasteiger partial charge in [0.05, 0.1) is 34.9 Å². The molecular weight excluding hydrogens is 334 g/mol. The molecule has 0 atom stereocenters. The van der Waals surface area contributed by atoms with E-state index < -0.39 is 0 Å². The second kappa shape index (κ2) is 9.67. The van der Waals surface area contributed by atoms with Crippen LogP contribution in [0.25, 0.3) is 0 Å². The molecule has 0 bridgehead atoms. The number of carbonyl (C=O) groups excluding carboxylic acids is 1. The van der Waals surface area contributed by atoms with Crippen LogP contribution in [-0.2, 0) is 16.1 Å². The summed E-state index contributed by atoms with van der Waals surface area (Å²) in [5.41, 5.74) is 1.04. The molecule has 0 heterocycles. The molecule has 26 heavy (non-hydrogen) atoms. The van der Waals surface area contributed by atoms with Crippen LogP contribution in [0.5, 0.6) is 17.2 Å². The van der Waals surface area contributed by atoms with Gasteiger partial charge in [-0.1, -0.05) is 19.3 Å². The molecule has 0 saturated heterocycles. The first-order valence-electron chi connectivity index (χ1n) is 9.14. The molecule has 146 valence electrons. The Hall–Kier alpha value is -1.95. The van der Waals surface area contributed by atoms with Gasteiger partial charge >= 0.3 is 5.97 Å². The highest BCUT2D eigenvalue weighted by molar-refractivity contribution is 5.70. The van der Waals surface area contributed by atoms with Crippen LogP contribution in [0.3, 0.4) is 0 Å². The fraction of sp³-hybridized carbons (Fsp3) is 0.650. The van der Waals surface area contributed by atoms with Crippen LogP contribution in [0.15, 0.2) is 12.1 Å². The summed E-state index contributed by atoms with van der Waals surface area (Å²) in [6, 6.07) is 3.89. The average Bonchev–Trinajstić information content (AvgIpc) is 2.67. The molecule has 1 fully saturated rings. The van der Waals surface area contributed by atoms with E-state index in [4.69, 9.17) is 18.9 Å². The number of benzene rings is 1. The topological polar surface area (TPSA) is 66.0 Å². The Kier molecular flexibility index (Phi) is 7.57. The van der Waals surface area contributed by atoms with Gasteiger partial charge in [0.2, 0.25) is 5.75 Å². The summed E-state index contributed by atoms with van der Waals surface area (Å²) in [6.07, 6.45) is 6.18. The predicted molar refractivity (Wildman–Crippen MR) is 100.0 cm³/mol. The largest absolute Gasteiger partial charge is 0.493 e. The van der Waals surface area contributed by atoms with Gasteiger partial charge in [-0.25, -0.2) is 0 Å². The van der Waals surface area contributed by atoms with Gasteiger partial charge in [0.25, 0.3) is 0 Å². The lowest BCUT2D eigenvalue weighted by Gasteiger charge is -2.36. The number of hydrogen-bond acceptors (Lipinski definition) is 6. The van der Waals surface area contributed by atoms with Crippen LogP contribution in [0.4, 0.5) is 0 Å². The minimum Gasteiger partial charge on any atom is -0.493 e. The Morgan fingerprint density at radius 1 is 1.00 bits per heavy atom. The van der Waals surface area contributed by atoms with Crippen molar-refractivity contribution >= 4 is 5.97 Å². The summed E-state index contributed by atoms with van der Waals surface area (Å²) in [7, 11) is 6.28. The zero-order chi connectivity index (χ0) is 19.0. The molecule has 0 radical (unpaired) electrons. The maximum atomic E-state index is 11.9. The zero-order valence-corrected chi connectivity index (χ0v) is 16.4. The Bertz CT molecular complexity index is 571. The fourth-order valence-corrected chi connectivity index (χ4v) is 3.81. The zero-order valence-electron chi connectivity index (χ0n) is 16.4. The maximum Gasteiger partial charge on any atom is 0.306 e. The fourth-order valence-electron chi connectivity index (χ4n) is 3.81. The molecule has 2 rings (SSSR count). The van der Waals surface area contributed by atoms with Crippen molar-refractivity contribution in [2.75, 3.05) is 35.0 Å². The number of nitrogens with one attached hydrogen (secondary N) is 1. The van der Waals surface area contributed by atoms with Crippen molar-refractivity contribution in [1.82, 2.24) is 5.32 Å². The van der Waals surface area contributed by atoms with Crippen molar-refractivity contribution < 1.29 is 23.7 Å². The van der Waals surface area contributed by atoms with E-state index in [0.29, 0.717) is 30.2 Å². The van der Waals surface area contributed by atoms with Crippen molar-refractivity contribution in [3.05, 3.63) is 17.7 Å². The number of carbonyl (C=O) groups is 1. The van der Waals surface area contributed by atoms with Crippen molar-refractivity contribution in [2.24, 2.45) is 5.41 Å². The van der Waals surface area contributed by atoms with E-state index in [1.807, 2.05) is 12.1 Å². The first-order chi connectivity index (χ1) is 12.6. The van der Waals surface area contributed by atoms with Gasteiger partial charge in [-0.15, -0.1) is 0 Å². The second-order valence-corrected chi connectivity index (χ2v) is 6.95. The van der Waals surface area contributed by atoms with Gasteiger partial charge in [-0.05, 0) is 36.0 Å². The summed E-state index contributed by atoms with van der Waals surface area (Å²) in [5.74, 6) is 1.76. The third-order valence-corrected chi connectivity index (χ3v) is 5.21. The lowest BCUT2D eigenvalue weighted by Crippen LogP contribution is -2.38. The lowest BCUT2D eigenvalue weighted by atomic mass is 9.71. The molecule has 0 aliphatic heterocycles. The summed E-state index contributed by atoms with van der Waals surface area (Å²) in [5, 5.41) is 3.52.